The highest BCUT2D eigenvalue weighted by molar-refractivity contribution is 6.10. The summed E-state index contributed by atoms with van der Waals surface area (Å²) in [6.45, 7) is 0. The minimum Gasteiger partial charge on any atom is -0.478 e. The smallest absolute Gasteiger partial charge is 0.336 e. The Bertz CT molecular complexity index is 666. The van der Waals surface area contributed by atoms with Gasteiger partial charge in [-0.25, -0.2) is 13.6 Å². The number of carboxylic acids is 1. The monoisotopic (exact) mass is 277 g/mol. The number of amides is 1. The van der Waals surface area contributed by atoms with E-state index < -0.39 is 29.2 Å². The quantitative estimate of drug-likeness (QED) is 0.906. The summed E-state index contributed by atoms with van der Waals surface area (Å²) in [5.41, 5.74) is -1.04. The summed E-state index contributed by atoms with van der Waals surface area (Å²) in [5, 5.41) is 11.0. The molecule has 0 radical (unpaired) electrons. The van der Waals surface area contributed by atoms with Crippen LogP contribution in [0.15, 0.2) is 42.5 Å². The van der Waals surface area contributed by atoms with Crippen molar-refractivity contribution in [3.63, 3.8) is 0 Å². The number of carboxylic acid groups (broad SMARTS) is 1. The van der Waals surface area contributed by atoms with Crippen molar-refractivity contribution in [2.45, 2.75) is 0 Å². The molecule has 2 rings (SSSR count). The van der Waals surface area contributed by atoms with Crippen molar-refractivity contribution in [1.29, 1.82) is 0 Å². The number of carbonyl (C=O) groups excluding carboxylic acids is 1. The summed E-state index contributed by atoms with van der Waals surface area (Å²) in [6, 6.07) is 8.53. The van der Waals surface area contributed by atoms with Crippen LogP contribution in [0.5, 0.6) is 0 Å². The van der Waals surface area contributed by atoms with Gasteiger partial charge < -0.3 is 10.4 Å². The average Bonchev–Trinajstić information content (AvgIpc) is 2.43. The van der Waals surface area contributed by atoms with Crippen LogP contribution in [0.2, 0.25) is 0 Å². The molecule has 2 aromatic carbocycles. The van der Waals surface area contributed by atoms with Gasteiger partial charge in [0.25, 0.3) is 5.91 Å². The van der Waals surface area contributed by atoms with Crippen molar-refractivity contribution in [3.05, 3.63) is 65.2 Å². The van der Waals surface area contributed by atoms with E-state index in [1.54, 1.807) is 0 Å². The van der Waals surface area contributed by atoms with Gasteiger partial charge in [0.1, 0.15) is 17.3 Å². The second-order valence-electron chi connectivity index (χ2n) is 3.90. The fourth-order valence-corrected chi connectivity index (χ4v) is 1.67. The van der Waals surface area contributed by atoms with E-state index in [0.717, 1.165) is 18.2 Å². The standard InChI is InChI=1S/C14H9F2NO3/c15-10-6-3-7-11(16)12(10)17-13(18)8-4-1-2-5-9(8)14(19)20/h1-7H,(H,17,18)(H,19,20). The highest BCUT2D eigenvalue weighted by Crippen LogP contribution is 2.19. The molecule has 0 aromatic heterocycles. The number of carbonyl (C=O) groups is 2. The second-order valence-corrected chi connectivity index (χ2v) is 3.90. The second kappa shape index (κ2) is 5.48. The Morgan fingerprint density at radius 3 is 2.00 bits per heavy atom. The summed E-state index contributed by atoms with van der Waals surface area (Å²) in [7, 11) is 0. The van der Waals surface area contributed by atoms with Crippen LogP contribution in [0.25, 0.3) is 0 Å². The van der Waals surface area contributed by atoms with E-state index >= 15 is 0 Å². The Morgan fingerprint density at radius 2 is 1.45 bits per heavy atom. The van der Waals surface area contributed by atoms with Crippen molar-refractivity contribution in [3.8, 4) is 0 Å². The molecule has 0 aliphatic rings. The van der Waals surface area contributed by atoms with Gasteiger partial charge in [-0.1, -0.05) is 18.2 Å². The van der Waals surface area contributed by atoms with Crippen molar-refractivity contribution in [1.82, 2.24) is 0 Å². The highest BCUT2D eigenvalue weighted by Gasteiger charge is 2.18. The Balaban J connectivity index is 2.36. The summed E-state index contributed by atoms with van der Waals surface area (Å²) in [5.74, 6) is -4.07. The molecular weight excluding hydrogens is 268 g/mol. The van der Waals surface area contributed by atoms with Gasteiger partial charge in [-0.15, -0.1) is 0 Å². The lowest BCUT2D eigenvalue weighted by Gasteiger charge is -2.09. The molecule has 4 nitrogen and oxygen atoms in total. The number of halogens is 2. The molecule has 2 N–H and O–H groups in total. The topological polar surface area (TPSA) is 66.4 Å². The maximum absolute atomic E-state index is 13.4. The first-order valence-corrected chi connectivity index (χ1v) is 5.58. The van der Waals surface area contributed by atoms with Gasteiger partial charge in [-0.2, -0.15) is 0 Å². The van der Waals surface area contributed by atoms with Crippen LogP contribution in [0, 0.1) is 11.6 Å². The number of hydrogen-bond donors (Lipinski definition) is 2. The van der Waals surface area contributed by atoms with Crippen molar-refractivity contribution >= 4 is 17.6 Å². The number of benzene rings is 2. The molecule has 102 valence electrons. The van der Waals surface area contributed by atoms with Gasteiger partial charge >= 0.3 is 5.97 Å². The molecule has 0 spiro atoms. The van der Waals surface area contributed by atoms with E-state index in [-0.39, 0.29) is 11.1 Å². The summed E-state index contributed by atoms with van der Waals surface area (Å²) < 4.78 is 26.8. The molecule has 0 heterocycles. The molecule has 0 fully saturated rings. The summed E-state index contributed by atoms with van der Waals surface area (Å²) >= 11 is 0. The van der Waals surface area contributed by atoms with Crippen molar-refractivity contribution < 1.29 is 23.5 Å². The van der Waals surface area contributed by atoms with Gasteiger partial charge in [0.05, 0.1) is 11.1 Å². The zero-order valence-electron chi connectivity index (χ0n) is 10.1. The Morgan fingerprint density at radius 1 is 0.900 bits per heavy atom. The fraction of sp³-hybridized carbons (Fsp3) is 0. The molecule has 0 saturated carbocycles. The maximum Gasteiger partial charge on any atom is 0.336 e. The Kier molecular flexibility index (Phi) is 3.74. The maximum atomic E-state index is 13.4. The Hall–Kier alpha value is -2.76. The summed E-state index contributed by atoms with van der Waals surface area (Å²) in [4.78, 5) is 22.9. The fourth-order valence-electron chi connectivity index (χ4n) is 1.67. The van der Waals surface area contributed by atoms with Crippen LogP contribution >= 0.6 is 0 Å². The van der Waals surface area contributed by atoms with Crippen LogP contribution in [0.1, 0.15) is 20.7 Å². The van der Waals surface area contributed by atoms with E-state index in [2.05, 4.69) is 0 Å². The third kappa shape index (κ3) is 2.64. The third-order valence-corrected chi connectivity index (χ3v) is 2.60. The molecule has 0 aliphatic heterocycles. The molecule has 2 aromatic rings. The van der Waals surface area contributed by atoms with E-state index in [1.165, 1.54) is 24.3 Å². The van der Waals surface area contributed by atoms with Crippen LogP contribution in [-0.2, 0) is 0 Å². The number of hydrogen-bond acceptors (Lipinski definition) is 2. The van der Waals surface area contributed by atoms with Gasteiger partial charge in [0.2, 0.25) is 0 Å². The predicted molar refractivity (Wildman–Crippen MR) is 67.7 cm³/mol. The molecule has 0 unspecified atom stereocenters. The van der Waals surface area contributed by atoms with Crippen molar-refractivity contribution in [2.75, 3.05) is 5.32 Å². The number of nitrogens with one attached hydrogen (secondary N) is 1. The van der Waals surface area contributed by atoms with Crippen LogP contribution < -0.4 is 5.32 Å². The molecule has 0 aliphatic carbocycles. The first-order chi connectivity index (χ1) is 9.50. The lowest BCUT2D eigenvalue weighted by Crippen LogP contribution is -2.17. The number of rotatable bonds is 3. The first kappa shape index (κ1) is 13.7. The lowest BCUT2D eigenvalue weighted by atomic mass is 10.1. The van der Waals surface area contributed by atoms with Gasteiger partial charge in [-0.05, 0) is 24.3 Å². The van der Waals surface area contributed by atoms with Crippen LogP contribution in [0.3, 0.4) is 0 Å². The molecule has 0 saturated heterocycles. The minimum absolute atomic E-state index is 0.178. The normalized spacial score (nSPS) is 10.1. The number of para-hydroxylation sites is 1. The van der Waals surface area contributed by atoms with Gasteiger partial charge in [0, 0.05) is 0 Å². The van der Waals surface area contributed by atoms with E-state index in [1.807, 2.05) is 5.32 Å². The lowest BCUT2D eigenvalue weighted by molar-refractivity contribution is 0.0692. The third-order valence-electron chi connectivity index (χ3n) is 2.60. The van der Waals surface area contributed by atoms with Crippen LogP contribution in [-0.4, -0.2) is 17.0 Å². The molecule has 20 heavy (non-hydrogen) atoms. The SMILES string of the molecule is O=C(O)c1ccccc1C(=O)Nc1c(F)cccc1F. The average molecular weight is 277 g/mol. The van der Waals surface area contributed by atoms with E-state index in [9.17, 15) is 18.4 Å². The van der Waals surface area contributed by atoms with Crippen LogP contribution in [0.4, 0.5) is 14.5 Å². The molecule has 6 heteroatoms. The molecule has 0 bridgehead atoms. The summed E-state index contributed by atoms with van der Waals surface area (Å²) in [6.07, 6.45) is 0. The number of anilines is 1. The number of aromatic carboxylic acids is 1. The predicted octanol–water partition coefficient (Wildman–Crippen LogP) is 2.92. The van der Waals surface area contributed by atoms with Gasteiger partial charge in [0.15, 0.2) is 0 Å². The highest BCUT2D eigenvalue weighted by atomic mass is 19.1. The first-order valence-electron chi connectivity index (χ1n) is 5.58. The van der Waals surface area contributed by atoms with E-state index in [4.69, 9.17) is 5.11 Å². The molecular formula is C14H9F2NO3. The van der Waals surface area contributed by atoms with Crippen molar-refractivity contribution in [2.24, 2.45) is 0 Å². The molecule has 0 atom stereocenters. The zero-order valence-corrected chi connectivity index (χ0v) is 10.1. The van der Waals surface area contributed by atoms with E-state index in [0.29, 0.717) is 0 Å². The molecule has 1 amide bonds. The zero-order chi connectivity index (χ0) is 14.7. The Labute approximate surface area is 112 Å². The largest absolute Gasteiger partial charge is 0.478 e. The van der Waals surface area contributed by atoms with Gasteiger partial charge in [-0.3, -0.25) is 4.79 Å². The minimum atomic E-state index is -1.30.